The summed E-state index contributed by atoms with van der Waals surface area (Å²) in [6, 6.07) is 8.01. The number of anilines is 1. The van der Waals surface area contributed by atoms with Crippen LogP contribution in [0.2, 0.25) is 0 Å². The van der Waals surface area contributed by atoms with Crippen molar-refractivity contribution in [2.45, 2.75) is 13.8 Å². The van der Waals surface area contributed by atoms with Crippen molar-refractivity contribution in [1.82, 2.24) is 4.98 Å². The van der Waals surface area contributed by atoms with Crippen LogP contribution in [0.15, 0.2) is 36.7 Å². The zero-order valence-electron chi connectivity index (χ0n) is 8.99. The molecule has 0 amide bonds. The zero-order valence-corrected chi connectivity index (χ0v) is 8.99. The smallest absolute Gasteiger partial charge is 0.0323 e. The Balaban J connectivity index is 2.63. The molecule has 0 bridgehead atoms. The fraction of sp³-hybridized carbons (Fsp3) is 0.154. The minimum atomic E-state index is 0.810. The van der Waals surface area contributed by atoms with Crippen LogP contribution in [0.4, 0.5) is 5.69 Å². The first-order valence-corrected chi connectivity index (χ1v) is 4.95. The zero-order chi connectivity index (χ0) is 10.8. The fourth-order valence-electron chi connectivity index (χ4n) is 1.72. The highest BCUT2D eigenvalue weighted by Crippen LogP contribution is 2.27. The summed E-state index contributed by atoms with van der Waals surface area (Å²) in [5.74, 6) is 0. The largest absolute Gasteiger partial charge is 0.399 e. The van der Waals surface area contributed by atoms with Crippen molar-refractivity contribution in [3.8, 4) is 11.1 Å². The van der Waals surface area contributed by atoms with E-state index in [1.165, 1.54) is 16.7 Å². The number of aryl methyl sites for hydroxylation is 1. The van der Waals surface area contributed by atoms with Crippen LogP contribution in [0.1, 0.15) is 11.1 Å². The molecule has 2 N–H and O–H groups in total. The molecule has 15 heavy (non-hydrogen) atoms. The normalized spacial score (nSPS) is 10.3. The number of hydrogen-bond acceptors (Lipinski definition) is 2. The van der Waals surface area contributed by atoms with Gasteiger partial charge in [-0.15, -0.1) is 0 Å². The summed E-state index contributed by atoms with van der Waals surface area (Å²) < 4.78 is 0. The van der Waals surface area contributed by atoms with Crippen molar-refractivity contribution < 1.29 is 0 Å². The van der Waals surface area contributed by atoms with Gasteiger partial charge in [-0.25, -0.2) is 0 Å². The van der Waals surface area contributed by atoms with Gasteiger partial charge < -0.3 is 5.73 Å². The van der Waals surface area contributed by atoms with E-state index in [1.807, 2.05) is 24.3 Å². The van der Waals surface area contributed by atoms with E-state index in [1.54, 1.807) is 12.4 Å². The van der Waals surface area contributed by atoms with Gasteiger partial charge in [0.05, 0.1) is 0 Å². The molecule has 0 atom stereocenters. The number of nitrogen functional groups attached to an aromatic ring is 1. The number of nitrogens with zero attached hydrogens (tertiary/aromatic N) is 1. The van der Waals surface area contributed by atoms with E-state index in [4.69, 9.17) is 5.73 Å². The van der Waals surface area contributed by atoms with Gasteiger partial charge in [-0.05, 0) is 60.4 Å². The topological polar surface area (TPSA) is 38.9 Å². The quantitative estimate of drug-likeness (QED) is 0.715. The Kier molecular flexibility index (Phi) is 2.42. The van der Waals surface area contributed by atoms with E-state index in [2.05, 4.69) is 18.8 Å². The Morgan fingerprint density at radius 2 is 1.73 bits per heavy atom. The standard InChI is InChI=1S/C13H14N2/c1-9-7-12(14)8-13(10(9)2)11-3-5-15-6-4-11/h3-8H,14H2,1-2H3. The molecule has 0 aliphatic rings. The van der Waals surface area contributed by atoms with Crippen LogP contribution in [0, 0.1) is 13.8 Å². The SMILES string of the molecule is Cc1cc(N)cc(-c2ccncc2)c1C. The van der Waals surface area contributed by atoms with Crippen molar-refractivity contribution in [2.75, 3.05) is 5.73 Å². The Morgan fingerprint density at radius 3 is 2.40 bits per heavy atom. The first-order chi connectivity index (χ1) is 7.18. The molecule has 1 aromatic heterocycles. The average molecular weight is 198 g/mol. The van der Waals surface area contributed by atoms with Gasteiger partial charge in [0.1, 0.15) is 0 Å². The highest BCUT2D eigenvalue weighted by molar-refractivity contribution is 5.72. The van der Waals surface area contributed by atoms with Gasteiger partial charge in [-0.2, -0.15) is 0 Å². The third kappa shape index (κ3) is 1.84. The van der Waals surface area contributed by atoms with E-state index in [0.717, 1.165) is 11.3 Å². The molecule has 1 heterocycles. The molecule has 2 heteroatoms. The van der Waals surface area contributed by atoms with E-state index < -0.39 is 0 Å². The van der Waals surface area contributed by atoms with Crippen LogP contribution < -0.4 is 5.73 Å². The summed E-state index contributed by atoms with van der Waals surface area (Å²) in [7, 11) is 0. The van der Waals surface area contributed by atoms with Crippen molar-refractivity contribution in [1.29, 1.82) is 0 Å². The second-order valence-corrected chi connectivity index (χ2v) is 3.75. The molecular weight excluding hydrogens is 184 g/mol. The predicted octanol–water partition coefficient (Wildman–Crippen LogP) is 2.95. The van der Waals surface area contributed by atoms with Crippen LogP contribution >= 0.6 is 0 Å². The molecule has 0 saturated carbocycles. The van der Waals surface area contributed by atoms with Gasteiger partial charge in [-0.1, -0.05) is 0 Å². The van der Waals surface area contributed by atoms with Crippen LogP contribution in [0.3, 0.4) is 0 Å². The summed E-state index contributed by atoms with van der Waals surface area (Å²) in [5, 5.41) is 0. The van der Waals surface area contributed by atoms with Crippen LogP contribution in [-0.4, -0.2) is 4.98 Å². The summed E-state index contributed by atoms with van der Waals surface area (Å²) in [6.45, 7) is 4.20. The van der Waals surface area contributed by atoms with Gasteiger partial charge in [0, 0.05) is 18.1 Å². The molecule has 2 nitrogen and oxygen atoms in total. The number of nitrogens with two attached hydrogens (primary N) is 1. The molecule has 0 saturated heterocycles. The Hall–Kier alpha value is -1.83. The van der Waals surface area contributed by atoms with Gasteiger partial charge in [0.15, 0.2) is 0 Å². The van der Waals surface area contributed by atoms with E-state index in [9.17, 15) is 0 Å². The third-order valence-electron chi connectivity index (χ3n) is 2.68. The molecule has 0 unspecified atom stereocenters. The maximum absolute atomic E-state index is 5.85. The minimum absolute atomic E-state index is 0.810. The number of rotatable bonds is 1. The Morgan fingerprint density at radius 1 is 1.07 bits per heavy atom. The van der Waals surface area contributed by atoms with Crippen LogP contribution in [0.25, 0.3) is 11.1 Å². The van der Waals surface area contributed by atoms with Gasteiger partial charge in [-0.3, -0.25) is 4.98 Å². The Bertz CT molecular complexity index is 475. The van der Waals surface area contributed by atoms with Gasteiger partial charge >= 0.3 is 0 Å². The van der Waals surface area contributed by atoms with E-state index in [0.29, 0.717) is 0 Å². The monoisotopic (exact) mass is 198 g/mol. The first-order valence-electron chi connectivity index (χ1n) is 4.95. The molecule has 2 rings (SSSR count). The van der Waals surface area contributed by atoms with Crippen molar-refractivity contribution >= 4 is 5.69 Å². The second-order valence-electron chi connectivity index (χ2n) is 3.75. The molecule has 2 aromatic rings. The summed E-state index contributed by atoms with van der Waals surface area (Å²) in [4.78, 5) is 4.01. The second kappa shape index (κ2) is 3.73. The minimum Gasteiger partial charge on any atom is -0.399 e. The fourth-order valence-corrected chi connectivity index (χ4v) is 1.72. The molecule has 0 radical (unpaired) electrons. The molecular formula is C13H14N2. The molecule has 76 valence electrons. The highest BCUT2D eigenvalue weighted by atomic mass is 14.6. The summed E-state index contributed by atoms with van der Waals surface area (Å²) in [6.07, 6.45) is 3.60. The van der Waals surface area contributed by atoms with Crippen molar-refractivity contribution in [3.05, 3.63) is 47.8 Å². The lowest BCUT2D eigenvalue weighted by Gasteiger charge is -2.10. The maximum atomic E-state index is 5.85. The van der Waals surface area contributed by atoms with Gasteiger partial charge in [0.2, 0.25) is 0 Å². The number of hydrogen-bond donors (Lipinski definition) is 1. The van der Waals surface area contributed by atoms with E-state index in [-0.39, 0.29) is 0 Å². The van der Waals surface area contributed by atoms with Gasteiger partial charge in [0.25, 0.3) is 0 Å². The Labute approximate surface area is 89.8 Å². The van der Waals surface area contributed by atoms with Crippen molar-refractivity contribution in [2.24, 2.45) is 0 Å². The van der Waals surface area contributed by atoms with Crippen molar-refractivity contribution in [3.63, 3.8) is 0 Å². The number of pyridine rings is 1. The molecule has 0 fully saturated rings. The van der Waals surface area contributed by atoms with E-state index >= 15 is 0 Å². The lowest BCUT2D eigenvalue weighted by atomic mass is 9.97. The summed E-state index contributed by atoms with van der Waals surface area (Å²) in [5.41, 5.74) is 11.5. The summed E-state index contributed by atoms with van der Waals surface area (Å²) >= 11 is 0. The molecule has 0 aliphatic carbocycles. The number of aromatic nitrogens is 1. The first kappa shape index (κ1) is 9.71. The molecule has 0 spiro atoms. The maximum Gasteiger partial charge on any atom is 0.0323 e. The third-order valence-corrected chi connectivity index (χ3v) is 2.68. The number of benzene rings is 1. The molecule has 1 aromatic carbocycles. The lowest BCUT2D eigenvalue weighted by Crippen LogP contribution is -1.92. The molecule has 0 aliphatic heterocycles. The highest BCUT2D eigenvalue weighted by Gasteiger charge is 2.04. The van der Waals surface area contributed by atoms with Crippen LogP contribution in [-0.2, 0) is 0 Å². The average Bonchev–Trinajstić information content (AvgIpc) is 2.24. The predicted molar refractivity (Wildman–Crippen MR) is 63.6 cm³/mol. The van der Waals surface area contributed by atoms with Crippen LogP contribution in [0.5, 0.6) is 0 Å². The lowest BCUT2D eigenvalue weighted by molar-refractivity contribution is 1.31.